The molecule has 0 heterocycles. The number of ether oxygens (including phenoxy) is 2. The number of aliphatic carboxylic acids is 1. The summed E-state index contributed by atoms with van der Waals surface area (Å²) < 4.78 is 11.1. The number of carboxylic acids is 1. The monoisotopic (exact) mass is 470 g/mol. The topological polar surface area (TPSA) is 134 Å². The Balaban J connectivity index is 1.68. The highest BCUT2D eigenvalue weighted by Crippen LogP contribution is 2.44. The largest absolute Gasteiger partial charge is 0.480 e. The van der Waals surface area contributed by atoms with Gasteiger partial charge in [0.2, 0.25) is 5.91 Å². The Labute approximate surface area is 198 Å². The van der Waals surface area contributed by atoms with Crippen LogP contribution in [0, 0.1) is 0 Å². The second-order valence-corrected chi connectivity index (χ2v) is 9.03. The van der Waals surface area contributed by atoms with Crippen molar-refractivity contribution in [3.05, 3.63) is 59.7 Å². The number of benzene rings is 2. The first kappa shape index (κ1) is 25.2. The van der Waals surface area contributed by atoms with Gasteiger partial charge in [-0.3, -0.25) is 4.79 Å². The molecule has 1 aliphatic carbocycles. The molecule has 9 heteroatoms. The minimum Gasteiger partial charge on any atom is -0.480 e. The number of carboxylic acid groups (broad SMARTS) is 1. The van der Waals surface area contributed by atoms with Crippen LogP contribution in [0.1, 0.15) is 37.8 Å². The van der Waals surface area contributed by atoms with E-state index in [1.165, 1.54) is 0 Å². The predicted molar refractivity (Wildman–Crippen MR) is 124 cm³/mol. The molecule has 2 amide bonds. The molecule has 0 spiro atoms. The lowest BCUT2D eigenvalue weighted by Crippen LogP contribution is -2.55. The van der Waals surface area contributed by atoms with E-state index < -0.39 is 42.3 Å². The molecule has 2 aromatic carbocycles. The van der Waals surface area contributed by atoms with Crippen LogP contribution in [-0.4, -0.2) is 65.7 Å². The third-order valence-electron chi connectivity index (χ3n) is 5.43. The highest BCUT2D eigenvalue weighted by Gasteiger charge is 2.31. The van der Waals surface area contributed by atoms with E-state index >= 15 is 0 Å². The zero-order valence-electron chi connectivity index (χ0n) is 19.4. The molecular weight excluding hydrogens is 440 g/mol. The summed E-state index contributed by atoms with van der Waals surface area (Å²) >= 11 is 0. The van der Waals surface area contributed by atoms with Gasteiger partial charge in [-0.1, -0.05) is 48.5 Å². The van der Waals surface area contributed by atoms with Gasteiger partial charge in [-0.05, 0) is 43.0 Å². The Morgan fingerprint density at radius 3 is 2.00 bits per heavy atom. The van der Waals surface area contributed by atoms with E-state index in [0.29, 0.717) is 0 Å². The number of carbonyl (C=O) groups is 3. The Hall–Kier alpha value is -3.43. The van der Waals surface area contributed by atoms with Gasteiger partial charge in [0.25, 0.3) is 0 Å². The maximum atomic E-state index is 12.6. The second kappa shape index (κ2) is 10.7. The Morgan fingerprint density at radius 1 is 0.941 bits per heavy atom. The van der Waals surface area contributed by atoms with Crippen molar-refractivity contribution >= 4 is 18.0 Å². The number of alkyl carbamates (subject to hydrolysis) is 1. The fraction of sp³-hybridized carbons (Fsp3) is 0.400. The van der Waals surface area contributed by atoms with Crippen LogP contribution >= 0.6 is 0 Å². The molecule has 0 bridgehead atoms. The summed E-state index contributed by atoms with van der Waals surface area (Å²) in [6.07, 6.45) is -0.838. The van der Waals surface area contributed by atoms with Gasteiger partial charge < -0.3 is 30.3 Å². The number of hydrogen-bond acceptors (Lipinski definition) is 6. The lowest BCUT2D eigenvalue weighted by atomic mass is 9.98. The molecule has 0 fully saturated rings. The Morgan fingerprint density at radius 2 is 1.50 bits per heavy atom. The van der Waals surface area contributed by atoms with Crippen molar-refractivity contribution in [1.82, 2.24) is 10.6 Å². The third kappa shape index (κ3) is 6.12. The van der Waals surface area contributed by atoms with Crippen molar-refractivity contribution in [3.8, 4) is 11.1 Å². The minimum atomic E-state index is -1.51. The van der Waals surface area contributed by atoms with E-state index in [0.717, 1.165) is 22.3 Å². The van der Waals surface area contributed by atoms with Crippen LogP contribution in [0.4, 0.5) is 4.79 Å². The minimum absolute atomic E-state index is 0.0583. The highest BCUT2D eigenvalue weighted by molar-refractivity contribution is 5.89. The predicted octanol–water partition coefficient (Wildman–Crippen LogP) is 2.27. The van der Waals surface area contributed by atoms with E-state index in [2.05, 4.69) is 10.6 Å². The normalized spacial score (nSPS) is 14.5. The van der Waals surface area contributed by atoms with Crippen molar-refractivity contribution in [2.45, 2.75) is 44.4 Å². The molecule has 0 radical (unpaired) electrons. The van der Waals surface area contributed by atoms with Crippen LogP contribution in [0.2, 0.25) is 0 Å². The molecule has 2 aromatic rings. The quantitative estimate of drug-likeness (QED) is 0.442. The smallest absolute Gasteiger partial charge is 0.407 e. The molecule has 0 saturated heterocycles. The van der Waals surface area contributed by atoms with Crippen LogP contribution in [0.3, 0.4) is 0 Å². The Bertz CT molecular complexity index is 1000. The van der Waals surface area contributed by atoms with Crippen molar-refractivity contribution < 1.29 is 34.1 Å². The molecule has 9 nitrogen and oxygen atoms in total. The van der Waals surface area contributed by atoms with Gasteiger partial charge in [0.1, 0.15) is 18.7 Å². The van der Waals surface area contributed by atoms with E-state index in [-0.39, 0.29) is 19.1 Å². The average Bonchev–Trinajstić information content (AvgIpc) is 3.11. The van der Waals surface area contributed by atoms with Crippen LogP contribution in [0.5, 0.6) is 0 Å². The van der Waals surface area contributed by atoms with Gasteiger partial charge in [-0.2, -0.15) is 0 Å². The first-order valence-corrected chi connectivity index (χ1v) is 11.0. The molecular formula is C25H30N2O7. The first-order chi connectivity index (χ1) is 16.1. The van der Waals surface area contributed by atoms with Crippen LogP contribution < -0.4 is 10.6 Å². The summed E-state index contributed by atoms with van der Waals surface area (Å²) in [5.74, 6) is -2.35. The summed E-state index contributed by atoms with van der Waals surface area (Å²) in [4.78, 5) is 36.4. The van der Waals surface area contributed by atoms with Gasteiger partial charge >= 0.3 is 12.1 Å². The number of hydrogen-bond donors (Lipinski definition) is 4. The van der Waals surface area contributed by atoms with Gasteiger partial charge in [-0.15, -0.1) is 0 Å². The lowest BCUT2D eigenvalue weighted by Gasteiger charge is -2.25. The maximum Gasteiger partial charge on any atom is 0.407 e. The zero-order chi connectivity index (χ0) is 24.9. The molecule has 182 valence electrons. The van der Waals surface area contributed by atoms with Gasteiger partial charge in [0.05, 0.1) is 18.8 Å². The van der Waals surface area contributed by atoms with Crippen molar-refractivity contribution in [3.63, 3.8) is 0 Å². The van der Waals surface area contributed by atoms with Crippen LogP contribution in [-0.2, 0) is 19.1 Å². The van der Waals surface area contributed by atoms with Crippen molar-refractivity contribution in [2.75, 3.05) is 19.8 Å². The van der Waals surface area contributed by atoms with Crippen LogP contribution in [0.15, 0.2) is 48.5 Å². The molecule has 1 aliphatic rings. The number of nitrogens with one attached hydrogen (secondary N) is 2. The number of aliphatic hydroxyl groups excluding tert-OH is 1. The number of amides is 2. The molecule has 3 rings (SSSR count). The third-order valence-corrected chi connectivity index (χ3v) is 5.43. The fourth-order valence-corrected chi connectivity index (χ4v) is 3.76. The summed E-state index contributed by atoms with van der Waals surface area (Å²) in [6, 6.07) is 13.1. The molecule has 0 saturated carbocycles. The summed E-state index contributed by atoms with van der Waals surface area (Å²) in [5.41, 5.74) is 3.67. The second-order valence-electron chi connectivity index (χ2n) is 9.03. The van der Waals surface area contributed by atoms with E-state index in [1.54, 1.807) is 20.8 Å². The van der Waals surface area contributed by atoms with E-state index in [1.807, 2.05) is 48.5 Å². The Kier molecular flexibility index (Phi) is 7.90. The van der Waals surface area contributed by atoms with Gasteiger partial charge in [-0.25, -0.2) is 9.59 Å². The molecule has 1 unspecified atom stereocenters. The van der Waals surface area contributed by atoms with Gasteiger partial charge in [0, 0.05) is 5.92 Å². The molecule has 34 heavy (non-hydrogen) atoms. The first-order valence-electron chi connectivity index (χ1n) is 11.0. The maximum absolute atomic E-state index is 12.6. The number of fused-ring (bicyclic) bond motifs is 3. The summed E-state index contributed by atoms with van der Waals surface area (Å²) in [6.45, 7) is 4.40. The zero-order valence-corrected chi connectivity index (χ0v) is 19.4. The number of aliphatic hydroxyl groups is 1. The molecule has 2 atom stereocenters. The molecule has 4 N–H and O–H groups in total. The molecule has 0 aromatic heterocycles. The summed E-state index contributed by atoms with van der Waals surface area (Å²) in [5, 5.41) is 22.9. The SMILES string of the molecule is CC(C)(C)OCC(NC(=O)OCC1c2ccccc2-c2ccccc21)C(=O)N[C@@H](CO)C(=O)O. The van der Waals surface area contributed by atoms with Crippen LogP contribution in [0.25, 0.3) is 11.1 Å². The summed E-state index contributed by atoms with van der Waals surface area (Å²) in [7, 11) is 0. The van der Waals surface area contributed by atoms with Crippen molar-refractivity contribution in [2.24, 2.45) is 0 Å². The number of carbonyl (C=O) groups excluding carboxylic acids is 2. The molecule has 0 aliphatic heterocycles. The fourth-order valence-electron chi connectivity index (χ4n) is 3.76. The average molecular weight is 471 g/mol. The van der Waals surface area contributed by atoms with Gasteiger partial charge in [0.15, 0.2) is 0 Å². The van der Waals surface area contributed by atoms with E-state index in [9.17, 15) is 19.5 Å². The number of rotatable bonds is 9. The highest BCUT2D eigenvalue weighted by atomic mass is 16.5. The lowest BCUT2D eigenvalue weighted by molar-refractivity contribution is -0.143. The standard InChI is InChI=1S/C25H30N2O7/c1-25(2,3)34-14-21(22(29)26-20(12-28)23(30)31)27-24(32)33-13-19-17-10-6-4-8-15(17)16-9-5-7-11-18(16)19/h4-11,19-21,28H,12-14H2,1-3H3,(H,26,29)(H,27,32)(H,30,31)/t20-,21?/m0/s1. The van der Waals surface area contributed by atoms with E-state index in [4.69, 9.17) is 14.6 Å². The van der Waals surface area contributed by atoms with Crippen molar-refractivity contribution in [1.29, 1.82) is 0 Å².